The number of nitrogens with zero attached hydrogens (tertiary/aromatic N) is 1. The van der Waals surface area contributed by atoms with Crippen LogP contribution in [0.2, 0.25) is 0 Å². The predicted molar refractivity (Wildman–Crippen MR) is 104 cm³/mol. The summed E-state index contributed by atoms with van der Waals surface area (Å²) in [6.07, 6.45) is 3.35. The molecule has 7 nitrogen and oxygen atoms in total. The molecule has 2 fully saturated rings. The summed E-state index contributed by atoms with van der Waals surface area (Å²) >= 11 is 0. The Hall–Kier alpha value is -2.28. The summed E-state index contributed by atoms with van der Waals surface area (Å²) in [6.45, 7) is 4.73. The average molecular weight is 387 g/mol. The van der Waals surface area contributed by atoms with Gasteiger partial charge in [-0.1, -0.05) is 6.07 Å². The van der Waals surface area contributed by atoms with Crippen LogP contribution in [0.5, 0.6) is 5.75 Å². The predicted octanol–water partition coefficient (Wildman–Crippen LogP) is 1.48. The molecule has 0 saturated carbocycles. The first-order chi connectivity index (χ1) is 13.6. The van der Waals surface area contributed by atoms with Gasteiger partial charge in [0.25, 0.3) is 0 Å². The van der Waals surface area contributed by atoms with E-state index in [0.29, 0.717) is 39.4 Å². The van der Waals surface area contributed by atoms with Crippen molar-refractivity contribution in [2.75, 3.05) is 40.0 Å². The maximum absolute atomic E-state index is 13.2. The minimum atomic E-state index is -0.658. The fourth-order valence-corrected chi connectivity index (χ4v) is 4.81. The average Bonchev–Trinajstić information content (AvgIpc) is 3.38. The topological polar surface area (TPSA) is 79.9 Å². The molecule has 1 aromatic rings. The third-order valence-corrected chi connectivity index (χ3v) is 6.38. The Labute approximate surface area is 165 Å². The molecule has 4 rings (SSSR count). The zero-order valence-electron chi connectivity index (χ0n) is 16.7. The Kier molecular flexibility index (Phi) is 5.19. The van der Waals surface area contributed by atoms with Gasteiger partial charge in [0.05, 0.1) is 25.7 Å². The van der Waals surface area contributed by atoms with Crippen LogP contribution in [-0.2, 0) is 28.9 Å². The Morgan fingerprint density at radius 2 is 2.07 bits per heavy atom. The molecule has 28 heavy (non-hydrogen) atoms. The van der Waals surface area contributed by atoms with Crippen molar-refractivity contribution in [2.24, 2.45) is 11.3 Å². The van der Waals surface area contributed by atoms with Crippen LogP contribution < -0.4 is 15.4 Å². The van der Waals surface area contributed by atoms with Crippen LogP contribution in [-0.4, -0.2) is 56.8 Å². The lowest BCUT2D eigenvalue weighted by molar-refractivity contribution is -0.131. The van der Waals surface area contributed by atoms with Crippen molar-refractivity contribution in [1.82, 2.24) is 15.5 Å². The monoisotopic (exact) mass is 387 g/mol. The number of rotatable bonds is 5. The number of amides is 3. The lowest BCUT2D eigenvalue weighted by Gasteiger charge is -2.26. The van der Waals surface area contributed by atoms with E-state index in [2.05, 4.69) is 22.8 Å². The first-order valence-corrected chi connectivity index (χ1v) is 10.1. The number of nitrogens with one attached hydrogen (secondary N) is 2. The fourth-order valence-electron chi connectivity index (χ4n) is 4.81. The molecule has 0 unspecified atom stereocenters. The quantitative estimate of drug-likeness (QED) is 0.802. The van der Waals surface area contributed by atoms with Gasteiger partial charge in [-0.15, -0.1) is 0 Å². The molecular weight excluding hydrogens is 358 g/mol. The number of ether oxygens (including phenoxy) is 2. The van der Waals surface area contributed by atoms with Gasteiger partial charge in [0, 0.05) is 37.7 Å². The maximum atomic E-state index is 13.2. The molecule has 152 valence electrons. The summed E-state index contributed by atoms with van der Waals surface area (Å²) in [5, 5.41) is 5.93. The fraction of sp³-hybridized carbons (Fsp3) is 0.619. The van der Waals surface area contributed by atoms with Crippen molar-refractivity contribution >= 4 is 11.9 Å². The van der Waals surface area contributed by atoms with Crippen LogP contribution in [0.25, 0.3) is 0 Å². The van der Waals surface area contributed by atoms with Crippen molar-refractivity contribution in [3.05, 3.63) is 28.8 Å². The van der Waals surface area contributed by atoms with E-state index >= 15 is 0 Å². The summed E-state index contributed by atoms with van der Waals surface area (Å²) in [5.41, 5.74) is 3.05. The van der Waals surface area contributed by atoms with E-state index in [1.807, 2.05) is 6.92 Å². The molecule has 0 aromatic heterocycles. The molecule has 1 aromatic carbocycles. The Balaban J connectivity index is 1.47. The number of fused-ring (bicyclic) bond motifs is 2. The maximum Gasteiger partial charge on any atom is 0.317 e. The first-order valence-electron chi connectivity index (χ1n) is 10.1. The van der Waals surface area contributed by atoms with Crippen LogP contribution in [0.15, 0.2) is 12.1 Å². The number of aryl methyl sites for hydroxylation is 2. The molecule has 3 aliphatic rings. The highest BCUT2D eigenvalue weighted by Gasteiger charge is 2.56. The number of likely N-dealkylation sites (tertiary alicyclic amines) is 1. The van der Waals surface area contributed by atoms with Gasteiger partial charge in [-0.3, -0.25) is 4.79 Å². The van der Waals surface area contributed by atoms with E-state index in [-0.39, 0.29) is 17.9 Å². The van der Waals surface area contributed by atoms with E-state index in [4.69, 9.17) is 9.47 Å². The number of carbonyl (C=O) groups is 2. The van der Waals surface area contributed by atoms with Gasteiger partial charge in [0.1, 0.15) is 5.75 Å². The van der Waals surface area contributed by atoms with Gasteiger partial charge in [-0.25, -0.2) is 4.79 Å². The number of methoxy groups -OCH3 is 1. The summed E-state index contributed by atoms with van der Waals surface area (Å²) in [5.74, 6) is 0.828. The molecule has 2 heterocycles. The van der Waals surface area contributed by atoms with Gasteiger partial charge >= 0.3 is 6.03 Å². The third-order valence-electron chi connectivity index (χ3n) is 6.38. The van der Waals surface area contributed by atoms with Crippen molar-refractivity contribution in [3.63, 3.8) is 0 Å². The molecular formula is C21H29N3O4. The molecule has 2 saturated heterocycles. The minimum absolute atomic E-state index is 0.0376. The highest BCUT2D eigenvalue weighted by Crippen LogP contribution is 2.41. The molecule has 2 atom stereocenters. The van der Waals surface area contributed by atoms with Gasteiger partial charge in [-0.05, 0) is 43.4 Å². The van der Waals surface area contributed by atoms with Crippen molar-refractivity contribution in [2.45, 2.75) is 32.7 Å². The van der Waals surface area contributed by atoms with Crippen LogP contribution in [0.3, 0.4) is 0 Å². The highest BCUT2D eigenvalue weighted by molar-refractivity contribution is 5.86. The molecule has 7 heteroatoms. The summed E-state index contributed by atoms with van der Waals surface area (Å²) in [4.78, 5) is 27.2. The summed E-state index contributed by atoms with van der Waals surface area (Å²) in [6, 6.07) is 4.16. The molecule has 2 N–H and O–H groups in total. The van der Waals surface area contributed by atoms with Gasteiger partial charge in [-0.2, -0.15) is 0 Å². The smallest absolute Gasteiger partial charge is 0.317 e. The Bertz CT molecular complexity index is 781. The molecule has 0 spiro atoms. The number of hydrogen-bond acceptors (Lipinski definition) is 4. The zero-order valence-corrected chi connectivity index (χ0v) is 16.7. The number of carbonyl (C=O) groups excluding carboxylic acids is 2. The summed E-state index contributed by atoms with van der Waals surface area (Å²) < 4.78 is 11.2. The molecule has 2 aliphatic heterocycles. The van der Waals surface area contributed by atoms with E-state index in [9.17, 15) is 9.59 Å². The normalized spacial score (nSPS) is 25.4. The van der Waals surface area contributed by atoms with E-state index in [1.165, 1.54) is 17.5 Å². The van der Waals surface area contributed by atoms with Crippen molar-refractivity contribution in [3.8, 4) is 5.75 Å². The standard InChI is InChI=1S/C21H29N3O4/c1-3-22-20(26)24-10-17-11-28-13-21(17,12-24)19(25)23-9-16-7-14-5-4-6-15(14)8-18(16)27-2/h7-8,17H,3-6,9-13H2,1-2H3,(H,22,26)(H,23,25)/t17-,21-/m1/s1. The minimum Gasteiger partial charge on any atom is -0.496 e. The molecule has 0 radical (unpaired) electrons. The van der Waals surface area contributed by atoms with Crippen molar-refractivity contribution in [1.29, 1.82) is 0 Å². The lowest BCUT2D eigenvalue weighted by Crippen LogP contribution is -2.47. The van der Waals surface area contributed by atoms with E-state index < -0.39 is 5.41 Å². The van der Waals surface area contributed by atoms with Crippen LogP contribution in [0, 0.1) is 11.3 Å². The van der Waals surface area contributed by atoms with Gasteiger partial charge in [0.15, 0.2) is 0 Å². The third kappa shape index (κ3) is 3.21. The van der Waals surface area contributed by atoms with Crippen molar-refractivity contribution < 1.29 is 19.1 Å². The molecule has 0 bridgehead atoms. The largest absolute Gasteiger partial charge is 0.496 e. The van der Waals surface area contributed by atoms with E-state index in [1.54, 1.807) is 12.0 Å². The Morgan fingerprint density at radius 1 is 1.29 bits per heavy atom. The summed E-state index contributed by atoms with van der Waals surface area (Å²) in [7, 11) is 1.67. The SMILES string of the molecule is CCNC(=O)N1C[C@@H]2COC[C@]2(C(=O)NCc2cc3c(cc2OC)CCC3)C1. The first kappa shape index (κ1) is 19.1. The number of hydrogen-bond donors (Lipinski definition) is 2. The second-order valence-electron chi connectivity index (χ2n) is 8.05. The van der Waals surface area contributed by atoms with Crippen LogP contribution >= 0.6 is 0 Å². The van der Waals surface area contributed by atoms with E-state index in [0.717, 1.165) is 24.2 Å². The lowest BCUT2D eigenvalue weighted by atomic mass is 9.80. The Morgan fingerprint density at radius 3 is 2.82 bits per heavy atom. The van der Waals surface area contributed by atoms with Crippen LogP contribution in [0.4, 0.5) is 4.79 Å². The number of benzene rings is 1. The second-order valence-corrected chi connectivity index (χ2v) is 8.05. The van der Waals surface area contributed by atoms with Crippen LogP contribution in [0.1, 0.15) is 30.0 Å². The molecule has 3 amide bonds. The number of urea groups is 1. The van der Waals surface area contributed by atoms with Gasteiger partial charge in [0.2, 0.25) is 5.91 Å². The highest BCUT2D eigenvalue weighted by atomic mass is 16.5. The second kappa shape index (κ2) is 7.62. The van der Waals surface area contributed by atoms with Gasteiger partial charge < -0.3 is 25.0 Å². The zero-order chi connectivity index (χ0) is 19.7. The molecule has 1 aliphatic carbocycles.